The number of amides is 1. The molecule has 20 heavy (non-hydrogen) atoms. The van der Waals surface area contributed by atoms with Gasteiger partial charge in [0.05, 0.1) is 35.9 Å². The number of aromatic nitrogens is 4. The number of rotatable bonds is 5. The van der Waals surface area contributed by atoms with Crippen molar-refractivity contribution in [3.05, 3.63) is 48.8 Å². The first-order valence-electron chi connectivity index (χ1n) is 6.47. The molecule has 0 fully saturated rings. The molecule has 6 nitrogen and oxygen atoms in total. The number of hydrogen-bond acceptors (Lipinski definition) is 3. The first-order valence-corrected chi connectivity index (χ1v) is 6.47. The van der Waals surface area contributed by atoms with Crippen LogP contribution in [0.15, 0.2) is 43.1 Å². The van der Waals surface area contributed by atoms with Gasteiger partial charge in [0.15, 0.2) is 0 Å². The van der Waals surface area contributed by atoms with Gasteiger partial charge in [-0.3, -0.25) is 4.79 Å². The van der Waals surface area contributed by atoms with E-state index in [0.717, 1.165) is 16.7 Å². The number of carbonyl (C=O) groups excluding carboxylic acids is 1. The Morgan fingerprint density at radius 2 is 2.25 bits per heavy atom. The first-order chi connectivity index (χ1) is 9.83. The second-order valence-corrected chi connectivity index (χ2v) is 4.53. The Morgan fingerprint density at radius 3 is 3.10 bits per heavy atom. The van der Waals surface area contributed by atoms with E-state index in [4.69, 9.17) is 0 Å². The highest BCUT2D eigenvalue weighted by molar-refractivity contribution is 5.77. The number of nitrogens with zero attached hydrogens (tertiary/aromatic N) is 3. The number of carbonyl (C=O) groups is 1. The summed E-state index contributed by atoms with van der Waals surface area (Å²) in [5.74, 6) is 0.0115. The molecule has 0 unspecified atom stereocenters. The summed E-state index contributed by atoms with van der Waals surface area (Å²) in [6.07, 6.45) is 5.49. The molecule has 0 saturated carbocycles. The fourth-order valence-corrected chi connectivity index (χ4v) is 2.07. The quantitative estimate of drug-likeness (QED) is 0.736. The highest BCUT2D eigenvalue weighted by atomic mass is 16.1. The molecule has 1 amide bonds. The molecule has 102 valence electrons. The van der Waals surface area contributed by atoms with Crippen LogP contribution in [0.3, 0.4) is 0 Å². The maximum Gasteiger partial charge on any atom is 0.222 e. The second-order valence-electron chi connectivity index (χ2n) is 4.53. The van der Waals surface area contributed by atoms with Crippen molar-refractivity contribution in [2.75, 3.05) is 0 Å². The van der Waals surface area contributed by atoms with Crippen LogP contribution in [-0.4, -0.2) is 25.4 Å². The van der Waals surface area contributed by atoms with Gasteiger partial charge in [-0.15, -0.1) is 0 Å². The van der Waals surface area contributed by atoms with Gasteiger partial charge in [-0.05, 0) is 12.1 Å². The zero-order chi connectivity index (χ0) is 13.8. The molecular weight excluding hydrogens is 254 g/mol. The molecule has 6 heteroatoms. The molecule has 0 aliphatic carbocycles. The molecule has 0 radical (unpaired) electrons. The standard InChI is InChI=1S/C14H15N5O/c20-14(16-8-11-7-15-9-17-11)5-6-19-10-18-12-3-1-2-4-13(12)19/h1-4,7,9-10H,5-6,8H2,(H,15,17)(H,16,20). The van der Waals surface area contributed by atoms with Crippen LogP contribution in [-0.2, 0) is 17.9 Å². The fraction of sp³-hybridized carbons (Fsp3) is 0.214. The SMILES string of the molecule is O=C(CCn1cnc2ccccc21)NCc1cnc[nH]1. The molecule has 2 heterocycles. The molecule has 2 aromatic heterocycles. The number of benzene rings is 1. The minimum absolute atomic E-state index is 0.0115. The summed E-state index contributed by atoms with van der Waals surface area (Å²) in [6.45, 7) is 1.10. The Labute approximate surface area is 115 Å². The minimum Gasteiger partial charge on any atom is -0.350 e. The van der Waals surface area contributed by atoms with Crippen molar-refractivity contribution in [3.63, 3.8) is 0 Å². The van der Waals surface area contributed by atoms with Crippen LogP contribution in [0.25, 0.3) is 11.0 Å². The molecule has 0 atom stereocenters. The summed E-state index contributed by atoms with van der Waals surface area (Å²) < 4.78 is 1.99. The lowest BCUT2D eigenvalue weighted by Gasteiger charge is -2.05. The summed E-state index contributed by atoms with van der Waals surface area (Å²) >= 11 is 0. The maximum atomic E-state index is 11.8. The van der Waals surface area contributed by atoms with Gasteiger partial charge in [-0.2, -0.15) is 0 Å². The number of H-pyrrole nitrogens is 1. The molecule has 3 rings (SSSR count). The summed E-state index contributed by atoms with van der Waals surface area (Å²) in [5.41, 5.74) is 2.89. The number of hydrogen-bond donors (Lipinski definition) is 2. The smallest absolute Gasteiger partial charge is 0.222 e. The van der Waals surface area contributed by atoms with E-state index in [9.17, 15) is 4.79 Å². The van der Waals surface area contributed by atoms with Crippen molar-refractivity contribution in [3.8, 4) is 0 Å². The Morgan fingerprint density at radius 1 is 1.35 bits per heavy atom. The predicted octanol–water partition coefficient (Wildman–Crippen LogP) is 1.47. The number of fused-ring (bicyclic) bond motifs is 1. The van der Waals surface area contributed by atoms with E-state index in [1.54, 1.807) is 18.9 Å². The Kier molecular flexibility index (Phi) is 3.45. The third kappa shape index (κ3) is 2.69. The molecule has 0 aliphatic rings. The molecule has 3 aromatic rings. The van der Waals surface area contributed by atoms with Gasteiger partial charge in [0.1, 0.15) is 0 Å². The molecule has 2 N–H and O–H groups in total. The minimum atomic E-state index is 0.0115. The van der Waals surface area contributed by atoms with Gasteiger partial charge in [0.2, 0.25) is 5.91 Å². The van der Waals surface area contributed by atoms with Crippen LogP contribution >= 0.6 is 0 Å². The fourth-order valence-electron chi connectivity index (χ4n) is 2.07. The monoisotopic (exact) mass is 269 g/mol. The lowest BCUT2D eigenvalue weighted by Crippen LogP contribution is -2.23. The van der Waals surface area contributed by atoms with E-state index in [1.165, 1.54) is 0 Å². The molecular formula is C14H15N5O. The number of imidazole rings is 2. The molecule has 0 spiro atoms. The van der Waals surface area contributed by atoms with Crippen LogP contribution < -0.4 is 5.32 Å². The lowest BCUT2D eigenvalue weighted by molar-refractivity contribution is -0.121. The summed E-state index contributed by atoms with van der Waals surface area (Å²) in [4.78, 5) is 22.9. The number of aromatic amines is 1. The van der Waals surface area contributed by atoms with Gasteiger partial charge in [0, 0.05) is 19.2 Å². The highest BCUT2D eigenvalue weighted by Gasteiger charge is 2.05. The summed E-state index contributed by atoms with van der Waals surface area (Å²) in [5, 5.41) is 2.85. The van der Waals surface area contributed by atoms with Crippen LogP contribution in [0.1, 0.15) is 12.1 Å². The Hall–Kier alpha value is -2.63. The second kappa shape index (κ2) is 5.56. The van der Waals surface area contributed by atoms with Crippen LogP contribution in [0.5, 0.6) is 0 Å². The van der Waals surface area contributed by atoms with E-state index >= 15 is 0 Å². The average molecular weight is 269 g/mol. The Bertz CT molecular complexity index is 701. The highest BCUT2D eigenvalue weighted by Crippen LogP contribution is 2.11. The number of nitrogens with one attached hydrogen (secondary N) is 2. The largest absolute Gasteiger partial charge is 0.350 e. The van der Waals surface area contributed by atoms with Gasteiger partial charge in [0.25, 0.3) is 0 Å². The van der Waals surface area contributed by atoms with Crippen molar-refractivity contribution in [1.29, 1.82) is 0 Å². The van der Waals surface area contributed by atoms with Crippen molar-refractivity contribution < 1.29 is 4.79 Å². The van der Waals surface area contributed by atoms with Gasteiger partial charge in [-0.1, -0.05) is 12.1 Å². The van der Waals surface area contributed by atoms with E-state index in [-0.39, 0.29) is 5.91 Å². The van der Waals surface area contributed by atoms with Gasteiger partial charge < -0.3 is 14.9 Å². The topological polar surface area (TPSA) is 75.6 Å². The lowest BCUT2D eigenvalue weighted by atomic mass is 10.3. The summed E-state index contributed by atoms with van der Waals surface area (Å²) in [7, 11) is 0. The van der Waals surface area contributed by atoms with Gasteiger partial charge >= 0.3 is 0 Å². The van der Waals surface area contributed by atoms with Crippen molar-refractivity contribution in [1.82, 2.24) is 24.8 Å². The molecule has 0 bridgehead atoms. The third-order valence-electron chi connectivity index (χ3n) is 3.14. The van der Waals surface area contributed by atoms with Crippen molar-refractivity contribution >= 4 is 16.9 Å². The van der Waals surface area contributed by atoms with Crippen molar-refractivity contribution in [2.45, 2.75) is 19.5 Å². The van der Waals surface area contributed by atoms with E-state index in [0.29, 0.717) is 19.5 Å². The molecule has 1 aromatic carbocycles. The van der Waals surface area contributed by atoms with E-state index in [1.807, 2.05) is 28.8 Å². The Balaban J connectivity index is 1.55. The van der Waals surface area contributed by atoms with Crippen molar-refractivity contribution in [2.24, 2.45) is 0 Å². The normalized spacial score (nSPS) is 10.8. The molecule has 0 aliphatic heterocycles. The first kappa shape index (κ1) is 12.4. The predicted molar refractivity (Wildman–Crippen MR) is 74.8 cm³/mol. The third-order valence-corrected chi connectivity index (χ3v) is 3.14. The molecule has 0 saturated heterocycles. The van der Waals surface area contributed by atoms with Crippen LogP contribution in [0.2, 0.25) is 0 Å². The average Bonchev–Trinajstić information content (AvgIpc) is 3.12. The van der Waals surface area contributed by atoms with E-state index in [2.05, 4.69) is 20.3 Å². The zero-order valence-electron chi connectivity index (χ0n) is 10.9. The summed E-state index contributed by atoms with van der Waals surface area (Å²) in [6, 6.07) is 7.89. The number of para-hydroxylation sites is 2. The maximum absolute atomic E-state index is 11.8. The van der Waals surface area contributed by atoms with Gasteiger partial charge in [-0.25, -0.2) is 9.97 Å². The van der Waals surface area contributed by atoms with Crippen LogP contribution in [0.4, 0.5) is 0 Å². The van der Waals surface area contributed by atoms with E-state index < -0.39 is 0 Å². The van der Waals surface area contributed by atoms with Crippen LogP contribution in [0, 0.1) is 0 Å². The zero-order valence-corrected chi connectivity index (χ0v) is 10.9. The number of aryl methyl sites for hydroxylation is 1.